The lowest BCUT2D eigenvalue weighted by atomic mass is 9.90. The highest BCUT2D eigenvalue weighted by molar-refractivity contribution is 5.68. The maximum atomic E-state index is 12.6. The molecule has 0 heterocycles. The van der Waals surface area contributed by atoms with Crippen molar-refractivity contribution in [1.82, 2.24) is 5.32 Å². The highest BCUT2D eigenvalue weighted by Gasteiger charge is 2.34. The number of amides is 1. The van der Waals surface area contributed by atoms with Crippen LogP contribution in [0.4, 0.5) is 4.79 Å². The molecule has 0 aromatic heterocycles. The van der Waals surface area contributed by atoms with Gasteiger partial charge in [0, 0.05) is 20.7 Å². The number of carbonyl (C=O) groups is 1. The van der Waals surface area contributed by atoms with Crippen molar-refractivity contribution < 1.29 is 27.2 Å². The molecule has 1 unspecified atom stereocenters. The van der Waals surface area contributed by atoms with Crippen molar-refractivity contribution in [3.8, 4) is 5.75 Å². The van der Waals surface area contributed by atoms with Gasteiger partial charge in [0.15, 0.2) is 0 Å². The Morgan fingerprint density at radius 3 is 2.32 bits per heavy atom. The number of benzene rings is 1. The summed E-state index contributed by atoms with van der Waals surface area (Å²) in [6, 6.07) is 4.79. The van der Waals surface area contributed by atoms with E-state index in [-0.39, 0.29) is 11.0 Å². The van der Waals surface area contributed by atoms with E-state index < -0.39 is 37.0 Å². The number of ether oxygens (including phenoxy) is 3. The van der Waals surface area contributed by atoms with E-state index in [0.29, 0.717) is 12.4 Å². The van der Waals surface area contributed by atoms with E-state index in [2.05, 4.69) is 12.2 Å². The number of rotatable bonds is 7. The van der Waals surface area contributed by atoms with Crippen LogP contribution in [0.25, 0.3) is 0 Å². The maximum absolute atomic E-state index is 12.6. The standard InChI is InChI=1S/C23H37NO4/c1-21(2,3)28-20(25)24-19(22(4,5)26-7)17-10-12-18(13-11-17)27-16-23(6)14-8-9-15-23/h10-13,19H,8-9,14-16H2,1-7H3,(H,24,25)/i4D3,5D3. The predicted octanol–water partition coefficient (Wildman–Crippen LogP) is 5.64. The molecule has 0 spiro atoms. The predicted molar refractivity (Wildman–Crippen MR) is 112 cm³/mol. The molecule has 1 aliphatic rings. The summed E-state index contributed by atoms with van der Waals surface area (Å²) in [6.07, 6.45) is 3.60. The summed E-state index contributed by atoms with van der Waals surface area (Å²) in [6.45, 7) is 1.46. The van der Waals surface area contributed by atoms with Crippen LogP contribution in [0, 0.1) is 5.41 Å². The summed E-state index contributed by atoms with van der Waals surface area (Å²) in [5.74, 6) is 0.568. The second-order valence-corrected chi connectivity index (χ2v) is 8.89. The summed E-state index contributed by atoms with van der Waals surface area (Å²) in [4.78, 5) is 12.6. The Balaban J connectivity index is 2.43. The van der Waals surface area contributed by atoms with Gasteiger partial charge in [0.25, 0.3) is 0 Å². The number of nitrogens with one attached hydrogen (secondary N) is 1. The van der Waals surface area contributed by atoms with Crippen molar-refractivity contribution in [2.24, 2.45) is 5.41 Å². The molecule has 1 N–H and O–H groups in total. The molecule has 1 amide bonds. The van der Waals surface area contributed by atoms with Gasteiger partial charge < -0.3 is 19.5 Å². The SMILES string of the molecule is [2H]C([2H])([2H])C(OC)(C(NC(=O)OC(C)(C)C)c1ccc(OCC2(C)CCCC2)cc1)C([2H])([2H])[2H]. The lowest BCUT2D eigenvalue weighted by molar-refractivity contribution is -0.0171. The number of hydrogen-bond donors (Lipinski definition) is 1. The van der Waals surface area contributed by atoms with Gasteiger partial charge in [-0.3, -0.25) is 0 Å². The quantitative estimate of drug-likeness (QED) is 0.647. The molecule has 1 fully saturated rings. The maximum Gasteiger partial charge on any atom is 0.408 e. The monoisotopic (exact) mass is 397 g/mol. The fraction of sp³-hybridized carbons (Fsp3) is 0.696. The Kier molecular flexibility index (Phi) is 4.72. The molecule has 28 heavy (non-hydrogen) atoms. The van der Waals surface area contributed by atoms with E-state index in [1.165, 1.54) is 12.8 Å². The van der Waals surface area contributed by atoms with Crippen LogP contribution in [0.15, 0.2) is 24.3 Å². The fourth-order valence-electron chi connectivity index (χ4n) is 3.35. The first-order chi connectivity index (χ1) is 15.4. The van der Waals surface area contributed by atoms with Crippen LogP contribution in [-0.4, -0.2) is 31.0 Å². The average molecular weight is 398 g/mol. The first kappa shape index (κ1) is 15.1. The highest BCUT2D eigenvalue weighted by Crippen LogP contribution is 2.38. The topological polar surface area (TPSA) is 56.8 Å². The number of methoxy groups -OCH3 is 1. The molecule has 1 aromatic rings. The second kappa shape index (κ2) is 8.73. The van der Waals surface area contributed by atoms with Crippen molar-refractivity contribution in [2.75, 3.05) is 13.7 Å². The molecule has 1 aliphatic carbocycles. The van der Waals surface area contributed by atoms with E-state index >= 15 is 0 Å². The molecule has 0 radical (unpaired) electrons. The third-order valence-electron chi connectivity index (χ3n) is 5.00. The van der Waals surface area contributed by atoms with Crippen LogP contribution >= 0.6 is 0 Å². The summed E-state index contributed by atoms with van der Waals surface area (Å²) in [5.41, 5.74) is -3.25. The summed E-state index contributed by atoms with van der Waals surface area (Å²) in [5, 5.41) is 2.45. The smallest absolute Gasteiger partial charge is 0.408 e. The highest BCUT2D eigenvalue weighted by atomic mass is 16.6. The van der Waals surface area contributed by atoms with Crippen molar-refractivity contribution >= 4 is 6.09 Å². The van der Waals surface area contributed by atoms with Crippen LogP contribution in [0.5, 0.6) is 5.75 Å². The summed E-state index contributed by atoms with van der Waals surface area (Å²) < 4.78 is 64.8. The van der Waals surface area contributed by atoms with Gasteiger partial charge in [-0.2, -0.15) is 0 Å². The van der Waals surface area contributed by atoms with Gasteiger partial charge in [-0.25, -0.2) is 4.79 Å². The molecule has 1 saturated carbocycles. The van der Waals surface area contributed by atoms with Gasteiger partial charge in [0.2, 0.25) is 0 Å². The van der Waals surface area contributed by atoms with Crippen molar-refractivity contribution in [3.05, 3.63) is 29.8 Å². The van der Waals surface area contributed by atoms with Crippen LogP contribution < -0.4 is 10.1 Å². The van der Waals surface area contributed by atoms with Gasteiger partial charge in [-0.1, -0.05) is 31.9 Å². The summed E-state index contributed by atoms with van der Waals surface area (Å²) >= 11 is 0. The van der Waals surface area contributed by atoms with E-state index in [9.17, 15) is 4.79 Å². The zero-order valence-corrected chi connectivity index (χ0v) is 17.6. The van der Waals surface area contributed by atoms with Crippen molar-refractivity contribution in [1.29, 1.82) is 0 Å². The Bertz CT molecular complexity index is 810. The molecule has 5 nitrogen and oxygen atoms in total. The Labute approximate surface area is 178 Å². The first-order valence-electron chi connectivity index (χ1n) is 12.7. The average Bonchev–Trinajstić information content (AvgIpc) is 3.10. The van der Waals surface area contributed by atoms with E-state index in [1.807, 2.05) is 0 Å². The van der Waals surface area contributed by atoms with Gasteiger partial charge in [0.1, 0.15) is 11.4 Å². The van der Waals surface area contributed by atoms with E-state index in [4.69, 9.17) is 22.4 Å². The van der Waals surface area contributed by atoms with Gasteiger partial charge in [-0.05, 0) is 65.0 Å². The van der Waals surface area contributed by atoms with Crippen molar-refractivity contribution in [2.45, 2.75) is 84.3 Å². The lowest BCUT2D eigenvalue weighted by Gasteiger charge is -2.34. The lowest BCUT2D eigenvalue weighted by Crippen LogP contribution is -2.45. The molecule has 5 heteroatoms. The summed E-state index contributed by atoms with van der Waals surface area (Å²) in [7, 11) is 1.02. The number of carbonyl (C=O) groups excluding carboxylic acids is 1. The molecular formula is C23H37NO4. The molecule has 1 aromatic carbocycles. The van der Waals surface area contributed by atoms with Crippen LogP contribution in [0.1, 0.15) is 86.9 Å². The molecule has 0 aliphatic heterocycles. The molecule has 0 saturated heterocycles. The molecule has 158 valence electrons. The molecule has 0 bridgehead atoms. The van der Waals surface area contributed by atoms with Crippen molar-refractivity contribution in [3.63, 3.8) is 0 Å². The largest absolute Gasteiger partial charge is 0.493 e. The minimum Gasteiger partial charge on any atom is -0.493 e. The molecule has 1 atom stereocenters. The van der Waals surface area contributed by atoms with Crippen LogP contribution in [0.3, 0.4) is 0 Å². The normalized spacial score (nSPS) is 21.9. The van der Waals surface area contributed by atoms with E-state index in [1.54, 1.807) is 45.0 Å². The Morgan fingerprint density at radius 2 is 1.82 bits per heavy atom. The van der Waals surface area contributed by atoms with E-state index in [0.717, 1.165) is 20.0 Å². The Morgan fingerprint density at radius 1 is 1.21 bits per heavy atom. The van der Waals surface area contributed by atoms with Crippen LogP contribution in [-0.2, 0) is 9.47 Å². The molecular weight excluding hydrogens is 354 g/mol. The fourth-order valence-corrected chi connectivity index (χ4v) is 3.35. The first-order valence-corrected chi connectivity index (χ1v) is 9.72. The minimum absolute atomic E-state index is 0.118. The number of alkyl carbamates (subject to hydrolysis) is 1. The Hall–Kier alpha value is -1.75. The van der Waals surface area contributed by atoms with Gasteiger partial charge >= 0.3 is 6.09 Å². The molecule has 2 rings (SSSR count). The van der Waals surface area contributed by atoms with Gasteiger partial charge in [-0.15, -0.1) is 0 Å². The third-order valence-corrected chi connectivity index (χ3v) is 5.00. The second-order valence-electron chi connectivity index (χ2n) is 8.89. The zero-order chi connectivity index (χ0) is 26.0. The zero-order valence-electron chi connectivity index (χ0n) is 23.6. The van der Waals surface area contributed by atoms with Crippen LogP contribution in [0.2, 0.25) is 0 Å². The number of hydrogen-bond acceptors (Lipinski definition) is 4. The minimum atomic E-state index is -3.11. The van der Waals surface area contributed by atoms with Gasteiger partial charge in [0.05, 0.1) is 18.2 Å². The third kappa shape index (κ3) is 6.40.